The maximum atomic E-state index is 3.68. The fourth-order valence-corrected chi connectivity index (χ4v) is 2.46. The van der Waals surface area contributed by atoms with Crippen molar-refractivity contribution < 1.29 is 0 Å². The molecule has 0 bridgehead atoms. The van der Waals surface area contributed by atoms with Gasteiger partial charge in [0.15, 0.2) is 0 Å². The molecule has 1 saturated heterocycles. The second-order valence-corrected chi connectivity index (χ2v) is 5.84. The predicted molar refractivity (Wildman–Crippen MR) is 67.2 cm³/mol. The van der Waals surface area contributed by atoms with Crippen molar-refractivity contribution in [2.45, 2.75) is 58.5 Å². The number of nitrogens with one attached hydrogen (secondary N) is 1. The molecule has 0 radical (unpaired) electrons. The van der Waals surface area contributed by atoms with Gasteiger partial charge in [-0.05, 0) is 46.2 Å². The highest BCUT2D eigenvalue weighted by Gasteiger charge is 2.29. The second kappa shape index (κ2) is 5.31. The lowest BCUT2D eigenvalue weighted by Gasteiger charge is -2.40. The maximum absolute atomic E-state index is 3.68. The summed E-state index contributed by atoms with van der Waals surface area (Å²) < 4.78 is 0. The second-order valence-electron chi connectivity index (χ2n) is 5.84. The molecule has 1 rings (SSSR count). The topological polar surface area (TPSA) is 15.3 Å². The third-order valence-electron chi connectivity index (χ3n) is 3.97. The first-order valence-electron chi connectivity index (χ1n) is 6.40. The van der Waals surface area contributed by atoms with Crippen LogP contribution >= 0.6 is 0 Å². The third kappa shape index (κ3) is 3.76. The van der Waals surface area contributed by atoms with Crippen molar-refractivity contribution in [3.8, 4) is 0 Å². The van der Waals surface area contributed by atoms with Gasteiger partial charge in [0.1, 0.15) is 0 Å². The number of hydrogen-bond donors (Lipinski definition) is 1. The van der Waals surface area contributed by atoms with Gasteiger partial charge in [0.05, 0.1) is 0 Å². The van der Waals surface area contributed by atoms with Crippen LogP contribution in [0.4, 0.5) is 0 Å². The SMILES string of the molecule is CC(C)C(C)N(C)CC1(C)CCCCN1. The summed E-state index contributed by atoms with van der Waals surface area (Å²) in [6, 6.07) is 0.672. The smallest absolute Gasteiger partial charge is 0.0280 e. The van der Waals surface area contributed by atoms with Crippen LogP contribution in [0.1, 0.15) is 47.0 Å². The van der Waals surface area contributed by atoms with Crippen molar-refractivity contribution in [1.82, 2.24) is 10.2 Å². The van der Waals surface area contributed by atoms with Gasteiger partial charge in [-0.1, -0.05) is 20.3 Å². The van der Waals surface area contributed by atoms with Crippen molar-refractivity contribution in [1.29, 1.82) is 0 Å². The highest BCUT2D eigenvalue weighted by Crippen LogP contribution is 2.21. The largest absolute Gasteiger partial charge is 0.310 e. The minimum atomic E-state index is 0.343. The average molecular weight is 212 g/mol. The lowest BCUT2D eigenvalue weighted by atomic mass is 9.89. The third-order valence-corrected chi connectivity index (χ3v) is 3.97. The molecule has 1 aliphatic rings. The zero-order chi connectivity index (χ0) is 11.5. The Kier molecular flexibility index (Phi) is 4.60. The Morgan fingerprint density at radius 3 is 2.40 bits per heavy atom. The van der Waals surface area contributed by atoms with Gasteiger partial charge >= 0.3 is 0 Å². The van der Waals surface area contributed by atoms with Gasteiger partial charge in [-0.15, -0.1) is 0 Å². The standard InChI is InChI=1S/C13H28N2/c1-11(2)12(3)15(5)10-13(4)8-6-7-9-14-13/h11-12,14H,6-10H2,1-5H3. The molecule has 0 aromatic heterocycles. The molecule has 15 heavy (non-hydrogen) atoms. The number of likely N-dealkylation sites (N-methyl/N-ethyl adjacent to an activating group) is 1. The first-order valence-corrected chi connectivity index (χ1v) is 6.40. The van der Waals surface area contributed by atoms with E-state index >= 15 is 0 Å². The molecule has 2 nitrogen and oxygen atoms in total. The van der Waals surface area contributed by atoms with Gasteiger partial charge in [0.2, 0.25) is 0 Å². The number of piperidine rings is 1. The molecule has 0 aromatic carbocycles. The molecular weight excluding hydrogens is 184 g/mol. The molecule has 0 aromatic rings. The molecule has 0 spiro atoms. The van der Waals surface area contributed by atoms with Gasteiger partial charge in [0.25, 0.3) is 0 Å². The Balaban J connectivity index is 2.45. The number of nitrogens with zero attached hydrogens (tertiary/aromatic N) is 1. The van der Waals surface area contributed by atoms with E-state index in [0.29, 0.717) is 11.6 Å². The summed E-state index contributed by atoms with van der Waals surface area (Å²) in [4.78, 5) is 2.50. The van der Waals surface area contributed by atoms with E-state index in [1.807, 2.05) is 0 Å². The van der Waals surface area contributed by atoms with E-state index in [2.05, 4.69) is 45.0 Å². The van der Waals surface area contributed by atoms with E-state index < -0.39 is 0 Å². The minimum Gasteiger partial charge on any atom is -0.310 e. The number of rotatable bonds is 4. The van der Waals surface area contributed by atoms with Crippen molar-refractivity contribution in [2.24, 2.45) is 5.92 Å². The van der Waals surface area contributed by atoms with E-state index in [1.54, 1.807) is 0 Å². The highest BCUT2D eigenvalue weighted by molar-refractivity contribution is 4.90. The van der Waals surface area contributed by atoms with E-state index in [-0.39, 0.29) is 0 Å². The minimum absolute atomic E-state index is 0.343. The quantitative estimate of drug-likeness (QED) is 0.770. The zero-order valence-corrected chi connectivity index (χ0v) is 11.1. The van der Waals surface area contributed by atoms with Gasteiger partial charge in [-0.2, -0.15) is 0 Å². The molecule has 90 valence electrons. The van der Waals surface area contributed by atoms with E-state index in [1.165, 1.54) is 32.4 Å². The van der Waals surface area contributed by atoms with Crippen LogP contribution in [0.15, 0.2) is 0 Å². The normalized spacial score (nSPS) is 29.8. The molecule has 1 heterocycles. The van der Waals surface area contributed by atoms with Crippen LogP contribution in [0.3, 0.4) is 0 Å². The summed E-state index contributed by atoms with van der Waals surface area (Å²) >= 11 is 0. The average Bonchev–Trinajstić information content (AvgIpc) is 2.16. The first-order chi connectivity index (χ1) is 6.94. The summed E-state index contributed by atoms with van der Waals surface area (Å²) in [7, 11) is 2.26. The molecule has 0 saturated carbocycles. The lowest BCUT2D eigenvalue weighted by molar-refractivity contribution is 0.134. The van der Waals surface area contributed by atoms with E-state index in [0.717, 1.165) is 5.92 Å². The maximum Gasteiger partial charge on any atom is 0.0280 e. The molecule has 1 N–H and O–H groups in total. The van der Waals surface area contributed by atoms with Gasteiger partial charge in [-0.3, -0.25) is 0 Å². The fourth-order valence-electron chi connectivity index (χ4n) is 2.46. The molecule has 0 amide bonds. The van der Waals surface area contributed by atoms with Crippen LogP contribution in [-0.4, -0.2) is 36.6 Å². The Labute approximate surface area is 95.4 Å². The molecule has 2 heteroatoms. The van der Waals surface area contributed by atoms with Crippen molar-refractivity contribution in [3.05, 3.63) is 0 Å². The van der Waals surface area contributed by atoms with Gasteiger partial charge in [-0.25, -0.2) is 0 Å². The molecule has 2 unspecified atom stereocenters. The Morgan fingerprint density at radius 1 is 1.27 bits per heavy atom. The summed E-state index contributed by atoms with van der Waals surface area (Å²) in [6.45, 7) is 11.7. The zero-order valence-electron chi connectivity index (χ0n) is 11.1. The molecule has 0 aliphatic carbocycles. The van der Waals surface area contributed by atoms with Crippen LogP contribution in [0.5, 0.6) is 0 Å². The monoisotopic (exact) mass is 212 g/mol. The van der Waals surface area contributed by atoms with Crippen LogP contribution in [0, 0.1) is 5.92 Å². The molecule has 2 atom stereocenters. The summed E-state index contributed by atoms with van der Waals surface area (Å²) in [5, 5.41) is 3.68. The molecule has 1 fully saturated rings. The first kappa shape index (κ1) is 13.0. The Morgan fingerprint density at radius 2 is 1.93 bits per heavy atom. The van der Waals surface area contributed by atoms with E-state index in [4.69, 9.17) is 0 Å². The fraction of sp³-hybridized carbons (Fsp3) is 1.00. The number of hydrogen-bond acceptors (Lipinski definition) is 2. The van der Waals surface area contributed by atoms with Crippen LogP contribution < -0.4 is 5.32 Å². The van der Waals surface area contributed by atoms with Crippen LogP contribution in [-0.2, 0) is 0 Å². The molecule has 1 aliphatic heterocycles. The summed E-state index contributed by atoms with van der Waals surface area (Å²) in [5.41, 5.74) is 0.343. The lowest BCUT2D eigenvalue weighted by Crippen LogP contribution is -2.54. The summed E-state index contributed by atoms with van der Waals surface area (Å²) in [6.07, 6.45) is 4.05. The van der Waals surface area contributed by atoms with Gasteiger partial charge in [0, 0.05) is 18.1 Å². The van der Waals surface area contributed by atoms with Gasteiger partial charge < -0.3 is 10.2 Å². The van der Waals surface area contributed by atoms with E-state index in [9.17, 15) is 0 Å². The van der Waals surface area contributed by atoms with Crippen molar-refractivity contribution >= 4 is 0 Å². The van der Waals surface area contributed by atoms with Crippen molar-refractivity contribution in [3.63, 3.8) is 0 Å². The van der Waals surface area contributed by atoms with Crippen LogP contribution in [0.25, 0.3) is 0 Å². The van der Waals surface area contributed by atoms with Crippen LogP contribution in [0.2, 0.25) is 0 Å². The summed E-state index contributed by atoms with van der Waals surface area (Å²) in [5.74, 6) is 0.738. The Hall–Kier alpha value is -0.0800. The highest BCUT2D eigenvalue weighted by atomic mass is 15.2. The predicted octanol–water partition coefficient (Wildman–Crippen LogP) is 2.49. The van der Waals surface area contributed by atoms with Crippen molar-refractivity contribution in [2.75, 3.05) is 20.1 Å². The molecular formula is C13H28N2. The Bertz CT molecular complexity index is 183.